The van der Waals surface area contributed by atoms with E-state index in [0.717, 1.165) is 60.8 Å². The molecule has 0 atom stereocenters. The summed E-state index contributed by atoms with van der Waals surface area (Å²) in [5.74, 6) is 2.52. The van der Waals surface area contributed by atoms with Crippen LogP contribution in [0.3, 0.4) is 0 Å². The first-order chi connectivity index (χ1) is 13.7. The van der Waals surface area contributed by atoms with Crippen molar-refractivity contribution < 1.29 is 14.2 Å². The molecule has 0 radical (unpaired) electrons. The molecule has 0 unspecified atom stereocenters. The van der Waals surface area contributed by atoms with Gasteiger partial charge in [-0.25, -0.2) is 9.97 Å². The van der Waals surface area contributed by atoms with Crippen LogP contribution < -0.4 is 14.8 Å². The first kappa shape index (κ1) is 17.3. The minimum absolute atomic E-state index is 0.0413. The number of nitrogens with zero attached hydrogens (tertiary/aromatic N) is 2. The highest BCUT2D eigenvalue weighted by molar-refractivity contribution is 5.89. The van der Waals surface area contributed by atoms with Gasteiger partial charge in [-0.1, -0.05) is 17.7 Å². The van der Waals surface area contributed by atoms with E-state index in [1.807, 2.05) is 12.1 Å². The zero-order chi connectivity index (χ0) is 19.0. The fraction of sp³-hybridized carbons (Fsp3) is 0.364. The highest BCUT2D eigenvalue weighted by atomic mass is 16.7. The van der Waals surface area contributed by atoms with Crippen molar-refractivity contribution in [3.05, 3.63) is 53.9 Å². The first-order valence-electron chi connectivity index (χ1n) is 9.67. The highest BCUT2D eigenvalue weighted by Gasteiger charge is 2.35. The summed E-state index contributed by atoms with van der Waals surface area (Å²) in [4.78, 5) is 8.91. The molecule has 0 spiro atoms. The van der Waals surface area contributed by atoms with Crippen LogP contribution in [0.4, 0.5) is 5.82 Å². The molecule has 1 saturated heterocycles. The molecule has 0 saturated carbocycles. The van der Waals surface area contributed by atoms with E-state index in [0.29, 0.717) is 6.79 Å². The molecule has 3 aromatic rings. The minimum Gasteiger partial charge on any atom is -0.454 e. The van der Waals surface area contributed by atoms with Gasteiger partial charge in [0.1, 0.15) is 12.1 Å². The van der Waals surface area contributed by atoms with Crippen LogP contribution in [0.25, 0.3) is 10.9 Å². The Balaban J connectivity index is 1.48. The number of hydrogen-bond acceptors (Lipinski definition) is 6. The van der Waals surface area contributed by atoms with Crippen molar-refractivity contribution in [3.8, 4) is 11.5 Å². The van der Waals surface area contributed by atoms with Crippen molar-refractivity contribution in [2.75, 3.05) is 31.9 Å². The molecule has 5 rings (SSSR count). The van der Waals surface area contributed by atoms with Gasteiger partial charge in [0.2, 0.25) is 6.79 Å². The maximum atomic E-state index is 5.67. The summed E-state index contributed by atoms with van der Waals surface area (Å²) in [5, 5.41) is 4.66. The average Bonchev–Trinajstić information content (AvgIpc) is 3.21. The van der Waals surface area contributed by atoms with Crippen molar-refractivity contribution in [2.45, 2.75) is 25.2 Å². The smallest absolute Gasteiger partial charge is 0.231 e. The Hall–Kier alpha value is -2.86. The number of aryl methyl sites for hydroxylation is 1. The summed E-state index contributed by atoms with van der Waals surface area (Å²) in [6.45, 7) is 4.65. The number of aromatic nitrogens is 2. The summed E-state index contributed by atoms with van der Waals surface area (Å²) < 4.78 is 16.8. The predicted molar refractivity (Wildman–Crippen MR) is 107 cm³/mol. The van der Waals surface area contributed by atoms with E-state index in [2.05, 4.69) is 46.5 Å². The lowest BCUT2D eigenvalue weighted by atomic mass is 9.74. The van der Waals surface area contributed by atoms with Gasteiger partial charge < -0.3 is 19.5 Å². The second-order valence-corrected chi connectivity index (χ2v) is 7.56. The summed E-state index contributed by atoms with van der Waals surface area (Å²) >= 11 is 0. The number of benzene rings is 2. The number of rotatable bonds is 4. The van der Waals surface area contributed by atoms with Gasteiger partial charge >= 0.3 is 0 Å². The van der Waals surface area contributed by atoms with E-state index in [-0.39, 0.29) is 5.41 Å². The maximum absolute atomic E-state index is 5.67. The van der Waals surface area contributed by atoms with Crippen LogP contribution in [0.2, 0.25) is 0 Å². The average molecular weight is 377 g/mol. The van der Waals surface area contributed by atoms with Crippen LogP contribution in [-0.4, -0.2) is 36.5 Å². The van der Waals surface area contributed by atoms with Crippen LogP contribution in [-0.2, 0) is 10.2 Å². The van der Waals surface area contributed by atoms with Gasteiger partial charge in [0.15, 0.2) is 11.5 Å². The predicted octanol–water partition coefficient (Wildman–Crippen LogP) is 3.83. The Morgan fingerprint density at radius 3 is 2.75 bits per heavy atom. The van der Waals surface area contributed by atoms with Crippen LogP contribution in [0.5, 0.6) is 11.5 Å². The lowest BCUT2D eigenvalue weighted by Gasteiger charge is -2.38. The Morgan fingerprint density at radius 2 is 1.86 bits per heavy atom. The first-order valence-corrected chi connectivity index (χ1v) is 9.67. The van der Waals surface area contributed by atoms with E-state index in [9.17, 15) is 0 Å². The van der Waals surface area contributed by atoms with Gasteiger partial charge in [-0.15, -0.1) is 0 Å². The molecule has 6 nitrogen and oxygen atoms in total. The summed E-state index contributed by atoms with van der Waals surface area (Å²) in [6, 6.07) is 12.5. The largest absolute Gasteiger partial charge is 0.454 e. The number of nitrogens with one attached hydrogen (secondary N) is 1. The molecule has 2 aliphatic heterocycles. The third-order valence-corrected chi connectivity index (χ3v) is 5.82. The van der Waals surface area contributed by atoms with Gasteiger partial charge in [0.05, 0.1) is 5.52 Å². The monoisotopic (exact) mass is 377 g/mol. The minimum atomic E-state index is -0.0413. The second kappa shape index (κ2) is 6.95. The molecule has 28 heavy (non-hydrogen) atoms. The summed E-state index contributed by atoms with van der Waals surface area (Å²) in [5.41, 5.74) is 3.36. The molecule has 2 aromatic carbocycles. The maximum Gasteiger partial charge on any atom is 0.231 e. The molecule has 0 bridgehead atoms. The molecule has 1 fully saturated rings. The topological polar surface area (TPSA) is 65.5 Å². The lowest BCUT2D eigenvalue weighted by molar-refractivity contribution is 0.0543. The van der Waals surface area contributed by atoms with Gasteiger partial charge in [0.25, 0.3) is 0 Å². The molecule has 1 N–H and O–H groups in total. The van der Waals surface area contributed by atoms with Gasteiger partial charge in [-0.2, -0.15) is 0 Å². The number of anilines is 1. The van der Waals surface area contributed by atoms with Gasteiger partial charge in [-0.05, 0) is 49.6 Å². The fourth-order valence-electron chi connectivity index (χ4n) is 4.12. The van der Waals surface area contributed by atoms with Gasteiger partial charge in [-0.3, -0.25) is 0 Å². The lowest BCUT2D eigenvalue weighted by Crippen LogP contribution is -2.40. The van der Waals surface area contributed by atoms with Crippen LogP contribution in [0.1, 0.15) is 24.0 Å². The van der Waals surface area contributed by atoms with Crippen molar-refractivity contribution in [2.24, 2.45) is 0 Å². The standard InChI is InChI=1S/C22H23N3O3/c1-15-2-4-18-17(10-15)21(25-13-24-18)23-12-22(6-8-26-9-7-22)16-3-5-19-20(11-16)28-14-27-19/h2-5,10-11,13H,6-9,12,14H2,1H3,(H,23,24,25). The number of fused-ring (bicyclic) bond motifs is 2. The molecular weight excluding hydrogens is 354 g/mol. The fourth-order valence-corrected chi connectivity index (χ4v) is 4.12. The Morgan fingerprint density at radius 1 is 1.00 bits per heavy atom. The highest BCUT2D eigenvalue weighted by Crippen LogP contribution is 2.41. The zero-order valence-electron chi connectivity index (χ0n) is 15.9. The third kappa shape index (κ3) is 3.03. The summed E-state index contributed by atoms with van der Waals surface area (Å²) in [6.07, 6.45) is 3.51. The third-order valence-electron chi connectivity index (χ3n) is 5.82. The van der Waals surface area contributed by atoms with E-state index in [4.69, 9.17) is 14.2 Å². The molecule has 144 valence electrons. The Bertz CT molecular complexity index is 1020. The van der Waals surface area contributed by atoms with E-state index >= 15 is 0 Å². The summed E-state index contributed by atoms with van der Waals surface area (Å²) in [7, 11) is 0. The quantitative estimate of drug-likeness (QED) is 0.746. The van der Waals surface area contributed by atoms with Crippen molar-refractivity contribution in [3.63, 3.8) is 0 Å². The van der Waals surface area contributed by atoms with Crippen LogP contribution in [0, 0.1) is 6.92 Å². The van der Waals surface area contributed by atoms with Crippen LogP contribution >= 0.6 is 0 Å². The van der Waals surface area contributed by atoms with Crippen molar-refractivity contribution in [1.82, 2.24) is 9.97 Å². The molecule has 6 heteroatoms. The molecule has 0 amide bonds. The van der Waals surface area contributed by atoms with Gasteiger partial charge in [0, 0.05) is 30.6 Å². The SMILES string of the molecule is Cc1ccc2ncnc(NCC3(c4ccc5c(c4)OCO5)CCOCC3)c2c1. The molecule has 2 aliphatic rings. The van der Waals surface area contributed by atoms with Crippen molar-refractivity contribution >= 4 is 16.7 Å². The Labute approximate surface area is 163 Å². The normalized spacial score (nSPS) is 17.6. The second-order valence-electron chi connectivity index (χ2n) is 7.56. The number of hydrogen-bond donors (Lipinski definition) is 1. The van der Waals surface area contributed by atoms with Crippen molar-refractivity contribution in [1.29, 1.82) is 0 Å². The van der Waals surface area contributed by atoms with Crippen LogP contribution in [0.15, 0.2) is 42.7 Å². The molecule has 0 aliphatic carbocycles. The molecule has 1 aromatic heterocycles. The Kier molecular flexibility index (Phi) is 4.28. The zero-order valence-corrected chi connectivity index (χ0v) is 15.9. The number of ether oxygens (including phenoxy) is 3. The molecular formula is C22H23N3O3. The van der Waals surface area contributed by atoms with E-state index in [1.54, 1.807) is 6.33 Å². The van der Waals surface area contributed by atoms with E-state index in [1.165, 1.54) is 11.1 Å². The molecule has 3 heterocycles. The van der Waals surface area contributed by atoms with E-state index < -0.39 is 0 Å².